The fourth-order valence-corrected chi connectivity index (χ4v) is 4.89. The maximum atomic E-state index is 13.0. The first-order valence-corrected chi connectivity index (χ1v) is 11.9. The van der Waals surface area contributed by atoms with E-state index in [0.717, 1.165) is 48.6 Å². The molecule has 0 unspecified atom stereocenters. The Hall–Kier alpha value is -1.96. The van der Waals surface area contributed by atoms with E-state index in [2.05, 4.69) is 40.7 Å². The van der Waals surface area contributed by atoms with E-state index in [-0.39, 0.29) is 11.8 Å². The Balaban J connectivity index is 1.68. The molecule has 0 radical (unpaired) electrons. The molecule has 158 valence electrons. The van der Waals surface area contributed by atoms with E-state index >= 15 is 0 Å². The predicted molar refractivity (Wildman–Crippen MR) is 116 cm³/mol. The zero-order valence-corrected chi connectivity index (χ0v) is 18.8. The number of rotatable bonds is 6. The number of sulfonamides is 1. The number of carbonyl (C=O) groups excluding carboxylic acids is 1. The van der Waals surface area contributed by atoms with Crippen molar-refractivity contribution in [1.29, 1.82) is 0 Å². The van der Waals surface area contributed by atoms with Gasteiger partial charge in [0.05, 0.1) is 12.8 Å². The zero-order chi connectivity index (χ0) is 21.3. The van der Waals surface area contributed by atoms with E-state index in [4.69, 9.17) is 0 Å². The Morgan fingerprint density at radius 3 is 2.24 bits per heavy atom. The van der Waals surface area contributed by atoms with Gasteiger partial charge in [0.15, 0.2) is 5.78 Å². The molecule has 0 saturated carbocycles. The second kappa shape index (κ2) is 8.42. The van der Waals surface area contributed by atoms with Gasteiger partial charge in [-0.2, -0.15) is 0 Å². The summed E-state index contributed by atoms with van der Waals surface area (Å²) in [5.74, 6) is 0.117. The lowest BCUT2D eigenvalue weighted by atomic mass is 10.0. The lowest BCUT2D eigenvalue weighted by Crippen LogP contribution is -2.46. The van der Waals surface area contributed by atoms with Gasteiger partial charge in [-0.05, 0) is 51.8 Å². The van der Waals surface area contributed by atoms with E-state index in [9.17, 15) is 13.2 Å². The minimum Gasteiger partial charge on any atom is -0.318 e. The van der Waals surface area contributed by atoms with Gasteiger partial charge in [-0.15, -0.1) is 0 Å². The summed E-state index contributed by atoms with van der Waals surface area (Å²) in [7, 11) is -1.54. The first-order chi connectivity index (χ1) is 13.6. The molecule has 2 heterocycles. The molecular weight excluding hydrogens is 386 g/mol. The van der Waals surface area contributed by atoms with Crippen molar-refractivity contribution < 1.29 is 13.2 Å². The normalized spacial score (nSPS) is 16.5. The molecule has 1 aromatic carbocycles. The highest BCUT2D eigenvalue weighted by Crippen LogP contribution is 2.23. The molecule has 0 spiro atoms. The monoisotopic (exact) mass is 417 g/mol. The molecule has 1 fully saturated rings. The van der Waals surface area contributed by atoms with Crippen LogP contribution in [0.3, 0.4) is 0 Å². The van der Waals surface area contributed by atoms with Gasteiger partial charge in [0, 0.05) is 48.8 Å². The van der Waals surface area contributed by atoms with Crippen LogP contribution < -0.4 is 0 Å². The number of carbonyl (C=O) groups is 1. The van der Waals surface area contributed by atoms with Gasteiger partial charge in [-0.25, -0.2) is 12.7 Å². The number of aryl methyl sites for hydroxylation is 2. The maximum Gasteiger partial charge on any atom is 0.211 e. The Labute approximate surface area is 174 Å². The van der Waals surface area contributed by atoms with Crippen LogP contribution in [0.25, 0.3) is 5.69 Å². The summed E-state index contributed by atoms with van der Waals surface area (Å²) in [5.41, 5.74) is 5.04. The second-order valence-electron chi connectivity index (χ2n) is 8.17. The molecule has 1 saturated heterocycles. The number of aromatic nitrogens is 1. The van der Waals surface area contributed by atoms with Gasteiger partial charge < -0.3 is 4.57 Å². The van der Waals surface area contributed by atoms with Gasteiger partial charge >= 0.3 is 0 Å². The standard InChI is InChI=1S/C22H31N3O3S/c1-16-6-8-20(9-7-16)25-17(2)14-21(18(25)3)22(26)15-24-12-10-19(11-13-24)23(4)29(5,27)28/h6-9,14,19H,10-13,15H2,1-5H3. The minimum absolute atomic E-state index is 0.0166. The van der Waals surface area contributed by atoms with Crippen molar-refractivity contribution >= 4 is 15.8 Å². The summed E-state index contributed by atoms with van der Waals surface area (Å²) in [5, 5.41) is 0. The molecule has 0 amide bonds. The van der Waals surface area contributed by atoms with Gasteiger partial charge in [0.2, 0.25) is 10.0 Å². The summed E-state index contributed by atoms with van der Waals surface area (Å²) >= 11 is 0. The summed E-state index contributed by atoms with van der Waals surface area (Å²) in [6, 6.07) is 10.3. The van der Waals surface area contributed by atoms with Gasteiger partial charge in [0.25, 0.3) is 0 Å². The molecule has 0 N–H and O–H groups in total. The predicted octanol–water partition coefficient (Wildman–Crippen LogP) is 2.94. The number of piperidine rings is 1. The molecule has 1 aliphatic rings. The third kappa shape index (κ3) is 4.79. The van der Waals surface area contributed by atoms with Crippen LogP contribution in [0, 0.1) is 20.8 Å². The van der Waals surface area contributed by atoms with Crippen LogP contribution in [0.5, 0.6) is 0 Å². The smallest absolute Gasteiger partial charge is 0.211 e. The third-order valence-electron chi connectivity index (χ3n) is 5.99. The summed E-state index contributed by atoms with van der Waals surface area (Å²) < 4.78 is 27.1. The Morgan fingerprint density at radius 2 is 1.69 bits per heavy atom. The van der Waals surface area contributed by atoms with E-state index in [1.165, 1.54) is 16.1 Å². The number of benzene rings is 1. The lowest BCUT2D eigenvalue weighted by molar-refractivity contribution is 0.0890. The number of Topliss-reactive ketones (excluding diaryl/α,β-unsaturated/α-hetero) is 1. The first-order valence-electron chi connectivity index (χ1n) is 10.0. The second-order valence-corrected chi connectivity index (χ2v) is 10.2. The molecule has 6 nitrogen and oxygen atoms in total. The highest BCUT2D eigenvalue weighted by atomic mass is 32.2. The van der Waals surface area contributed by atoms with Crippen LogP contribution in [0.2, 0.25) is 0 Å². The van der Waals surface area contributed by atoms with E-state index in [0.29, 0.717) is 6.54 Å². The molecule has 0 aliphatic carbocycles. The summed E-state index contributed by atoms with van der Waals surface area (Å²) in [4.78, 5) is 15.1. The van der Waals surface area contributed by atoms with E-state index < -0.39 is 10.0 Å². The Kier molecular flexibility index (Phi) is 6.31. The van der Waals surface area contributed by atoms with Crippen molar-refractivity contribution in [2.45, 2.75) is 39.7 Å². The molecule has 1 aromatic heterocycles. The molecule has 3 rings (SSSR count). The molecule has 7 heteroatoms. The highest BCUT2D eigenvalue weighted by Gasteiger charge is 2.28. The quantitative estimate of drug-likeness (QED) is 0.678. The van der Waals surface area contributed by atoms with Crippen LogP contribution in [0.15, 0.2) is 30.3 Å². The molecule has 29 heavy (non-hydrogen) atoms. The highest BCUT2D eigenvalue weighted by molar-refractivity contribution is 7.88. The van der Waals surface area contributed by atoms with Crippen molar-refractivity contribution in [2.75, 3.05) is 32.9 Å². The first kappa shape index (κ1) is 21.7. The molecule has 0 atom stereocenters. The van der Waals surface area contributed by atoms with Crippen molar-refractivity contribution in [3.8, 4) is 5.69 Å². The zero-order valence-electron chi connectivity index (χ0n) is 18.0. The van der Waals surface area contributed by atoms with Gasteiger partial charge in [-0.3, -0.25) is 9.69 Å². The average Bonchev–Trinajstić information content (AvgIpc) is 2.96. The number of hydrogen-bond donors (Lipinski definition) is 0. The minimum atomic E-state index is -3.18. The molecular formula is C22H31N3O3S. The summed E-state index contributed by atoms with van der Waals surface area (Å²) in [6.45, 7) is 7.90. The van der Waals surface area contributed by atoms with Crippen LogP contribution in [0.1, 0.15) is 40.2 Å². The lowest BCUT2D eigenvalue weighted by Gasteiger charge is -2.35. The van der Waals surface area contributed by atoms with Crippen LogP contribution in [-0.2, 0) is 10.0 Å². The molecule has 1 aliphatic heterocycles. The fraction of sp³-hybridized carbons (Fsp3) is 0.500. The van der Waals surface area contributed by atoms with Crippen molar-refractivity contribution in [3.63, 3.8) is 0 Å². The largest absolute Gasteiger partial charge is 0.318 e. The Bertz CT molecular complexity index is 985. The van der Waals surface area contributed by atoms with Crippen LogP contribution >= 0.6 is 0 Å². The number of ketones is 1. The van der Waals surface area contributed by atoms with Crippen LogP contribution in [-0.4, -0.2) is 67.0 Å². The van der Waals surface area contributed by atoms with Crippen LogP contribution in [0.4, 0.5) is 0 Å². The van der Waals surface area contributed by atoms with Crippen molar-refractivity contribution in [2.24, 2.45) is 0 Å². The third-order valence-corrected chi connectivity index (χ3v) is 7.33. The summed E-state index contributed by atoms with van der Waals surface area (Å²) in [6.07, 6.45) is 2.74. The van der Waals surface area contributed by atoms with Gasteiger partial charge in [-0.1, -0.05) is 17.7 Å². The number of nitrogens with zero attached hydrogens (tertiary/aromatic N) is 3. The van der Waals surface area contributed by atoms with Crippen molar-refractivity contribution in [1.82, 2.24) is 13.8 Å². The van der Waals surface area contributed by atoms with Crippen molar-refractivity contribution in [3.05, 3.63) is 52.8 Å². The average molecular weight is 418 g/mol. The van der Waals surface area contributed by atoms with Gasteiger partial charge in [0.1, 0.15) is 0 Å². The number of hydrogen-bond acceptors (Lipinski definition) is 4. The van der Waals surface area contributed by atoms with E-state index in [1.807, 2.05) is 19.9 Å². The Morgan fingerprint density at radius 1 is 1.10 bits per heavy atom. The maximum absolute atomic E-state index is 13.0. The number of likely N-dealkylation sites (tertiary alicyclic amines) is 1. The fourth-order valence-electron chi connectivity index (χ4n) is 4.14. The SMILES string of the molecule is Cc1ccc(-n2c(C)cc(C(=O)CN3CCC(N(C)S(C)(=O)=O)CC3)c2C)cc1. The molecule has 2 aromatic rings. The molecule has 0 bridgehead atoms. The topological polar surface area (TPSA) is 62.6 Å². The van der Waals surface area contributed by atoms with E-state index in [1.54, 1.807) is 7.05 Å².